The van der Waals surface area contributed by atoms with Gasteiger partial charge in [-0.3, -0.25) is 0 Å². The minimum absolute atomic E-state index is 0.00999. The van der Waals surface area contributed by atoms with Gasteiger partial charge in [-0.2, -0.15) is 0 Å². The Hall–Kier alpha value is -1.60. The average Bonchev–Trinajstić information content (AvgIpc) is 2.27. The largest absolute Gasteiger partial charge is 0.338 e. The summed E-state index contributed by atoms with van der Waals surface area (Å²) in [4.78, 5) is 11.5. The Morgan fingerprint density at radius 3 is 2.61 bits per heavy atom. The summed E-state index contributed by atoms with van der Waals surface area (Å²) >= 11 is 0. The van der Waals surface area contributed by atoms with Gasteiger partial charge in [0.15, 0.2) is 0 Å². The molecule has 18 heavy (non-hydrogen) atoms. The molecule has 0 aromatic heterocycles. The first-order valence-corrected chi connectivity index (χ1v) is 7.08. The van der Waals surface area contributed by atoms with Crippen LogP contribution in [0.5, 0.6) is 0 Å². The molecular formula is C11H17N3O3S. The minimum atomic E-state index is -3.78. The highest BCUT2D eigenvalue weighted by atomic mass is 32.2. The van der Waals surface area contributed by atoms with E-state index in [1.807, 2.05) is 6.92 Å². The van der Waals surface area contributed by atoms with Gasteiger partial charge in [0.25, 0.3) is 0 Å². The van der Waals surface area contributed by atoms with Crippen LogP contribution in [-0.2, 0) is 10.0 Å². The quantitative estimate of drug-likeness (QED) is 0.766. The van der Waals surface area contributed by atoms with Crippen LogP contribution in [0.25, 0.3) is 0 Å². The number of hydrogen-bond acceptors (Lipinski definition) is 3. The van der Waals surface area contributed by atoms with Gasteiger partial charge >= 0.3 is 6.03 Å². The number of urea groups is 1. The molecule has 0 bridgehead atoms. The third-order valence-corrected chi connectivity index (χ3v) is 3.43. The number of amides is 2. The van der Waals surface area contributed by atoms with E-state index in [-0.39, 0.29) is 10.9 Å². The van der Waals surface area contributed by atoms with Crippen LogP contribution in [0.1, 0.15) is 18.9 Å². The molecule has 7 heteroatoms. The van der Waals surface area contributed by atoms with Crippen molar-refractivity contribution in [2.24, 2.45) is 5.14 Å². The fourth-order valence-corrected chi connectivity index (χ4v) is 2.27. The normalized spacial score (nSPS) is 11.1. The fourth-order valence-electron chi connectivity index (χ4n) is 1.46. The Bertz CT molecular complexity index is 540. The molecule has 0 atom stereocenters. The van der Waals surface area contributed by atoms with Crippen LogP contribution in [0, 0.1) is 6.92 Å². The molecule has 100 valence electrons. The van der Waals surface area contributed by atoms with Crippen molar-refractivity contribution >= 4 is 21.7 Å². The van der Waals surface area contributed by atoms with Crippen LogP contribution in [-0.4, -0.2) is 21.0 Å². The molecule has 0 radical (unpaired) electrons. The zero-order valence-electron chi connectivity index (χ0n) is 10.4. The maximum Gasteiger partial charge on any atom is 0.319 e. The minimum Gasteiger partial charge on any atom is -0.338 e. The number of nitrogens with two attached hydrogens (primary N) is 1. The number of anilines is 1. The van der Waals surface area contributed by atoms with E-state index in [2.05, 4.69) is 10.6 Å². The Morgan fingerprint density at radius 1 is 1.39 bits per heavy atom. The summed E-state index contributed by atoms with van der Waals surface area (Å²) in [5.74, 6) is 0. The van der Waals surface area contributed by atoms with Crippen molar-refractivity contribution in [3.05, 3.63) is 23.8 Å². The second-order valence-corrected chi connectivity index (χ2v) is 5.38. The lowest BCUT2D eigenvalue weighted by Gasteiger charge is -2.11. The lowest BCUT2D eigenvalue weighted by Crippen LogP contribution is -2.29. The number of sulfonamides is 1. The standard InChI is InChI=1S/C11H17N3O3S/c1-3-7-13-11(15)14-9-5-4-6-10(8(9)2)18(12,16)17/h4-6H,3,7H2,1-2H3,(H2,12,16,17)(H2,13,14,15). The number of primary sulfonamides is 1. The molecule has 1 aromatic rings. The summed E-state index contributed by atoms with van der Waals surface area (Å²) in [6.07, 6.45) is 0.823. The topological polar surface area (TPSA) is 101 Å². The van der Waals surface area contributed by atoms with Crippen LogP contribution in [0.3, 0.4) is 0 Å². The molecule has 4 N–H and O–H groups in total. The van der Waals surface area contributed by atoms with Crippen LogP contribution in [0.2, 0.25) is 0 Å². The van der Waals surface area contributed by atoms with Crippen LogP contribution >= 0.6 is 0 Å². The third kappa shape index (κ3) is 3.71. The highest BCUT2D eigenvalue weighted by Crippen LogP contribution is 2.21. The predicted octanol–water partition coefficient (Wildman–Crippen LogP) is 1.17. The van der Waals surface area contributed by atoms with E-state index in [1.165, 1.54) is 12.1 Å². The highest BCUT2D eigenvalue weighted by Gasteiger charge is 2.14. The van der Waals surface area contributed by atoms with Gasteiger partial charge in [-0.15, -0.1) is 0 Å². The van der Waals surface area contributed by atoms with Gasteiger partial charge in [-0.25, -0.2) is 18.4 Å². The number of rotatable bonds is 4. The molecule has 0 heterocycles. The maximum atomic E-state index is 11.5. The molecular weight excluding hydrogens is 254 g/mol. The van der Waals surface area contributed by atoms with Crippen molar-refractivity contribution in [2.75, 3.05) is 11.9 Å². The van der Waals surface area contributed by atoms with Gasteiger partial charge in [-0.1, -0.05) is 13.0 Å². The monoisotopic (exact) mass is 271 g/mol. The van der Waals surface area contributed by atoms with Crippen LogP contribution in [0.15, 0.2) is 23.1 Å². The smallest absolute Gasteiger partial charge is 0.319 e. The zero-order chi connectivity index (χ0) is 13.8. The molecule has 1 rings (SSSR count). The fraction of sp³-hybridized carbons (Fsp3) is 0.364. The van der Waals surface area contributed by atoms with E-state index in [9.17, 15) is 13.2 Å². The van der Waals surface area contributed by atoms with Crippen molar-refractivity contribution < 1.29 is 13.2 Å². The summed E-state index contributed by atoms with van der Waals surface area (Å²) in [5, 5.41) is 10.3. The molecule has 0 saturated heterocycles. The van der Waals surface area contributed by atoms with E-state index in [1.54, 1.807) is 13.0 Å². The summed E-state index contributed by atoms with van der Waals surface area (Å²) in [5.41, 5.74) is 0.849. The molecule has 1 aromatic carbocycles. The SMILES string of the molecule is CCCNC(=O)Nc1cccc(S(N)(=O)=O)c1C. The molecule has 0 spiro atoms. The Kier molecular flexibility index (Phi) is 4.69. The number of nitrogens with one attached hydrogen (secondary N) is 2. The molecule has 2 amide bonds. The molecule has 0 saturated carbocycles. The lowest BCUT2D eigenvalue weighted by molar-refractivity contribution is 0.252. The van der Waals surface area contributed by atoms with Crippen molar-refractivity contribution in [1.82, 2.24) is 5.32 Å². The summed E-state index contributed by atoms with van der Waals surface area (Å²) < 4.78 is 22.6. The van der Waals surface area contributed by atoms with Crippen molar-refractivity contribution in [1.29, 1.82) is 0 Å². The Morgan fingerprint density at radius 2 is 2.06 bits per heavy atom. The number of hydrogen-bond donors (Lipinski definition) is 3. The molecule has 6 nitrogen and oxygen atoms in total. The molecule has 0 fully saturated rings. The zero-order valence-corrected chi connectivity index (χ0v) is 11.2. The summed E-state index contributed by atoms with van der Waals surface area (Å²) in [7, 11) is -3.78. The second kappa shape index (κ2) is 5.83. The summed E-state index contributed by atoms with van der Waals surface area (Å²) in [6, 6.07) is 4.18. The molecule has 0 unspecified atom stereocenters. The van der Waals surface area contributed by atoms with Gasteiger partial charge in [0, 0.05) is 12.2 Å². The van der Waals surface area contributed by atoms with Gasteiger partial charge in [0.1, 0.15) is 0 Å². The van der Waals surface area contributed by atoms with Gasteiger partial charge in [0.2, 0.25) is 10.0 Å². The first-order chi connectivity index (χ1) is 8.36. The van der Waals surface area contributed by atoms with Crippen molar-refractivity contribution in [3.63, 3.8) is 0 Å². The summed E-state index contributed by atoms with van der Waals surface area (Å²) in [6.45, 7) is 4.09. The van der Waals surface area contributed by atoms with Gasteiger partial charge < -0.3 is 10.6 Å². The average molecular weight is 271 g/mol. The van der Waals surface area contributed by atoms with E-state index >= 15 is 0 Å². The first-order valence-electron chi connectivity index (χ1n) is 5.53. The highest BCUT2D eigenvalue weighted by molar-refractivity contribution is 7.89. The molecule has 0 aliphatic heterocycles. The van der Waals surface area contributed by atoms with Gasteiger partial charge in [0.05, 0.1) is 4.90 Å². The van der Waals surface area contributed by atoms with E-state index in [0.29, 0.717) is 17.8 Å². The van der Waals surface area contributed by atoms with Crippen LogP contribution in [0.4, 0.5) is 10.5 Å². The van der Waals surface area contributed by atoms with E-state index in [4.69, 9.17) is 5.14 Å². The van der Waals surface area contributed by atoms with E-state index in [0.717, 1.165) is 6.42 Å². The van der Waals surface area contributed by atoms with Gasteiger partial charge in [-0.05, 0) is 31.0 Å². The third-order valence-electron chi connectivity index (χ3n) is 2.37. The number of carbonyl (C=O) groups is 1. The Labute approximate surface area is 107 Å². The molecule has 0 aliphatic carbocycles. The van der Waals surface area contributed by atoms with E-state index < -0.39 is 10.0 Å². The lowest BCUT2D eigenvalue weighted by atomic mass is 10.2. The number of benzene rings is 1. The molecule has 0 aliphatic rings. The van der Waals surface area contributed by atoms with Crippen molar-refractivity contribution in [3.8, 4) is 0 Å². The van der Waals surface area contributed by atoms with Crippen molar-refractivity contribution in [2.45, 2.75) is 25.2 Å². The second-order valence-electron chi connectivity index (χ2n) is 3.85. The maximum absolute atomic E-state index is 11.5. The number of carbonyl (C=O) groups excluding carboxylic acids is 1. The predicted molar refractivity (Wildman–Crippen MR) is 69.9 cm³/mol. The first kappa shape index (κ1) is 14.5. The Balaban J connectivity index is 2.95. The van der Waals surface area contributed by atoms with Crippen LogP contribution < -0.4 is 15.8 Å².